The summed E-state index contributed by atoms with van der Waals surface area (Å²) in [6.07, 6.45) is 1.94. The van der Waals surface area contributed by atoms with Crippen LogP contribution in [0, 0.1) is 0 Å². The highest BCUT2D eigenvalue weighted by Crippen LogP contribution is 2.27. The molecule has 0 saturated heterocycles. The molecule has 0 saturated carbocycles. The zero-order chi connectivity index (χ0) is 13.0. The van der Waals surface area contributed by atoms with Crippen LogP contribution in [-0.2, 0) is 4.74 Å². The van der Waals surface area contributed by atoms with Crippen LogP contribution < -0.4 is 11.1 Å². The zero-order valence-electron chi connectivity index (χ0n) is 10.8. The van der Waals surface area contributed by atoms with Gasteiger partial charge in [0, 0.05) is 11.9 Å². The van der Waals surface area contributed by atoms with E-state index >= 15 is 0 Å². The second-order valence-electron chi connectivity index (χ2n) is 4.45. The Kier molecular flexibility index (Phi) is 3.99. The third-order valence-electron chi connectivity index (χ3n) is 2.66. The highest BCUT2D eigenvalue weighted by molar-refractivity contribution is 5.96. The van der Waals surface area contributed by atoms with E-state index in [2.05, 4.69) is 10.3 Å². The molecule has 0 aliphatic rings. The highest BCUT2D eigenvalue weighted by Gasteiger charge is 2.05. The second-order valence-corrected chi connectivity index (χ2v) is 4.45. The molecule has 1 aromatic carbocycles. The van der Waals surface area contributed by atoms with E-state index in [1.165, 1.54) is 0 Å². The van der Waals surface area contributed by atoms with Gasteiger partial charge in [0.2, 0.25) is 0 Å². The lowest BCUT2D eigenvalue weighted by molar-refractivity contribution is 0.0871. The molecule has 96 valence electrons. The van der Waals surface area contributed by atoms with Gasteiger partial charge in [0.1, 0.15) is 0 Å². The maximum Gasteiger partial charge on any atom is 0.0743 e. The number of pyridine rings is 1. The van der Waals surface area contributed by atoms with Crippen LogP contribution in [0.4, 0.5) is 11.4 Å². The molecule has 1 heterocycles. The summed E-state index contributed by atoms with van der Waals surface area (Å²) in [4.78, 5) is 4.30. The number of ether oxygens (including phenoxy) is 1. The quantitative estimate of drug-likeness (QED) is 0.795. The molecule has 0 radical (unpaired) electrons. The monoisotopic (exact) mass is 245 g/mol. The average molecular weight is 245 g/mol. The van der Waals surface area contributed by atoms with Crippen molar-refractivity contribution in [3.8, 4) is 0 Å². The number of nitrogens with two attached hydrogens (primary N) is 1. The van der Waals surface area contributed by atoms with Crippen LogP contribution in [-0.4, -0.2) is 24.2 Å². The lowest BCUT2D eigenvalue weighted by Gasteiger charge is -2.13. The molecule has 18 heavy (non-hydrogen) atoms. The van der Waals surface area contributed by atoms with Crippen LogP contribution in [0.2, 0.25) is 0 Å². The molecular formula is C14H19N3O. The Morgan fingerprint density at radius 1 is 1.33 bits per heavy atom. The lowest BCUT2D eigenvalue weighted by Crippen LogP contribution is -2.14. The smallest absolute Gasteiger partial charge is 0.0743 e. The van der Waals surface area contributed by atoms with E-state index in [9.17, 15) is 0 Å². The largest absolute Gasteiger partial charge is 0.396 e. The molecule has 0 amide bonds. The van der Waals surface area contributed by atoms with Crippen LogP contribution in [0.1, 0.15) is 13.8 Å². The first-order chi connectivity index (χ1) is 8.68. The Bertz CT molecular complexity index is 525. The molecule has 0 spiro atoms. The number of fused-ring (bicyclic) bond motifs is 1. The van der Waals surface area contributed by atoms with Gasteiger partial charge in [0.15, 0.2) is 0 Å². The summed E-state index contributed by atoms with van der Waals surface area (Å²) in [5.41, 5.74) is 8.51. The fourth-order valence-corrected chi connectivity index (χ4v) is 1.82. The van der Waals surface area contributed by atoms with E-state index in [1.807, 2.05) is 38.1 Å². The van der Waals surface area contributed by atoms with Gasteiger partial charge in [0.05, 0.1) is 35.8 Å². The summed E-state index contributed by atoms with van der Waals surface area (Å²) in [5, 5.41) is 4.36. The molecular weight excluding hydrogens is 226 g/mol. The SMILES string of the molecule is CC(C)OCCNc1c(N)cnc2ccccc12. The summed E-state index contributed by atoms with van der Waals surface area (Å²) < 4.78 is 5.50. The number of nitrogens with zero attached hydrogens (tertiary/aromatic N) is 1. The van der Waals surface area contributed by atoms with Crippen molar-refractivity contribution in [2.45, 2.75) is 20.0 Å². The minimum absolute atomic E-state index is 0.248. The zero-order valence-corrected chi connectivity index (χ0v) is 10.8. The summed E-state index contributed by atoms with van der Waals surface area (Å²) in [6.45, 7) is 5.44. The van der Waals surface area contributed by atoms with Gasteiger partial charge < -0.3 is 15.8 Å². The molecule has 1 aromatic heterocycles. The predicted molar refractivity (Wildman–Crippen MR) is 75.7 cm³/mol. The van der Waals surface area contributed by atoms with Crippen LogP contribution in [0.25, 0.3) is 10.9 Å². The maximum atomic E-state index is 5.96. The van der Waals surface area contributed by atoms with Crippen molar-refractivity contribution in [3.05, 3.63) is 30.5 Å². The Hall–Kier alpha value is -1.81. The number of nitrogen functional groups attached to an aromatic ring is 1. The van der Waals surface area contributed by atoms with Crippen molar-refractivity contribution in [3.63, 3.8) is 0 Å². The topological polar surface area (TPSA) is 60.2 Å². The van der Waals surface area contributed by atoms with Crippen molar-refractivity contribution < 1.29 is 4.74 Å². The number of nitrogens with one attached hydrogen (secondary N) is 1. The van der Waals surface area contributed by atoms with E-state index in [0.29, 0.717) is 12.3 Å². The van der Waals surface area contributed by atoms with Crippen LogP contribution >= 0.6 is 0 Å². The first kappa shape index (κ1) is 12.6. The number of anilines is 2. The molecule has 0 fully saturated rings. The third kappa shape index (κ3) is 2.90. The van der Waals surface area contributed by atoms with Crippen molar-refractivity contribution in [1.29, 1.82) is 0 Å². The third-order valence-corrected chi connectivity index (χ3v) is 2.66. The Morgan fingerprint density at radius 2 is 2.11 bits per heavy atom. The number of para-hydroxylation sites is 1. The van der Waals surface area contributed by atoms with E-state index in [1.54, 1.807) is 6.20 Å². The summed E-state index contributed by atoms with van der Waals surface area (Å²) in [5.74, 6) is 0. The van der Waals surface area contributed by atoms with Gasteiger partial charge in [-0.3, -0.25) is 4.98 Å². The van der Waals surface area contributed by atoms with Gasteiger partial charge in [-0.1, -0.05) is 18.2 Å². The molecule has 2 rings (SSSR count). The Balaban J connectivity index is 2.14. The highest BCUT2D eigenvalue weighted by atomic mass is 16.5. The van der Waals surface area contributed by atoms with Gasteiger partial charge in [0.25, 0.3) is 0 Å². The van der Waals surface area contributed by atoms with Gasteiger partial charge in [-0.05, 0) is 19.9 Å². The van der Waals surface area contributed by atoms with Crippen molar-refractivity contribution in [2.75, 3.05) is 24.2 Å². The van der Waals surface area contributed by atoms with Gasteiger partial charge in [-0.25, -0.2) is 0 Å². The Labute approximate surface area is 107 Å². The van der Waals surface area contributed by atoms with Crippen molar-refractivity contribution in [1.82, 2.24) is 4.98 Å². The van der Waals surface area contributed by atoms with E-state index in [-0.39, 0.29) is 6.10 Å². The van der Waals surface area contributed by atoms with Gasteiger partial charge in [-0.2, -0.15) is 0 Å². The molecule has 2 aromatic rings. The fourth-order valence-electron chi connectivity index (χ4n) is 1.82. The maximum absolute atomic E-state index is 5.96. The van der Waals surface area contributed by atoms with Crippen LogP contribution in [0.15, 0.2) is 30.5 Å². The number of aromatic nitrogens is 1. The number of hydrogen-bond donors (Lipinski definition) is 2. The first-order valence-corrected chi connectivity index (χ1v) is 6.17. The second kappa shape index (κ2) is 5.69. The van der Waals surface area contributed by atoms with E-state index in [0.717, 1.165) is 23.1 Å². The normalized spacial score (nSPS) is 11.1. The molecule has 0 aliphatic heterocycles. The number of hydrogen-bond acceptors (Lipinski definition) is 4. The molecule has 0 bridgehead atoms. The summed E-state index contributed by atoms with van der Waals surface area (Å²) in [6, 6.07) is 7.95. The fraction of sp³-hybridized carbons (Fsp3) is 0.357. The van der Waals surface area contributed by atoms with Crippen LogP contribution in [0.5, 0.6) is 0 Å². The molecule has 3 N–H and O–H groups in total. The first-order valence-electron chi connectivity index (χ1n) is 6.17. The summed E-state index contributed by atoms with van der Waals surface area (Å²) in [7, 11) is 0. The molecule has 4 nitrogen and oxygen atoms in total. The molecule has 0 atom stereocenters. The molecule has 0 aliphatic carbocycles. The van der Waals surface area contributed by atoms with E-state index < -0.39 is 0 Å². The summed E-state index contributed by atoms with van der Waals surface area (Å²) >= 11 is 0. The van der Waals surface area contributed by atoms with Crippen LogP contribution in [0.3, 0.4) is 0 Å². The predicted octanol–water partition coefficient (Wildman–Crippen LogP) is 2.65. The van der Waals surface area contributed by atoms with E-state index in [4.69, 9.17) is 10.5 Å². The number of rotatable bonds is 5. The van der Waals surface area contributed by atoms with Crippen molar-refractivity contribution >= 4 is 22.3 Å². The average Bonchev–Trinajstić information content (AvgIpc) is 2.36. The van der Waals surface area contributed by atoms with Crippen molar-refractivity contribution in [2.24, 2.45) is 0 Å². The van der Waals surface area contributed by atoms with Gasteiger partial charge >= 0.3 is 0 Å². The standard InChI is InChI=1S/C14H19N3O/c1-10(2)18-8-7-16-14-11-5-3-4-6-13(11)17-9-12(14)15/h3-6,9-10H,7-8,15H2,1-2H3,(H,16,17). The minimum atomic E-state index is 0.248. The van der Waals surface area contributed by atoms with Gasteiger partial charge in [-0.15, -0.1) is 0 Å². The minimum Gasteiger partial charge on any atom is -0.396 e. The molecule has 0 unspecified atom stereocenters. The number of benzene rings is 1. The Morgan fingerprint density at radius 3 is 2.89 bits per heavy atom. The molecule has 4 heteroatoms. The lowest BCUT2D eigenvalue weighted by atomic mass is 10.1.